The van der Waals surface area contributed by atoms with E-state index in [1.807, 2.05) is 0 Å². The SMILES string of the molecule is C=C(C)[C@@H]1CC[C@]2(CC)CC[C@]3(C)C(CCC4[C@@]5(C)CC[C@H](O)C(C)(C)C5CC[C@]43C)C12. The molecule has 5 saturated carbocycles. The van der Waals surface area contributed by atoms with Gasteiger partial charge in [-0.05, 0) is 128 Å². The quantitative estimate of drug-likeness (QED) is 0.427. The normalized spacial score (nSPS) is 56.5. The Morgan fingerprint density at radius 3 is 2.19 bits per heavy atom. The lowest BCUT2D eigenvalue weighted by atomic mass is 9.32. The molecule has 1 heteroatoms. The van der Waals surface area contributed by atoms with E-state index in [-0.39, 0.29) is 11.5 Å². The summed E-state index contributed by atoms with van der Waals surface area (Å²) in [7, 11) is 0. The fourth-order valence-electron chi connectivity index (χ4n) is 11.9. The number of allylic oxidation sites excluding steroid dienone is 1. The summed E-state index contributed by atoms with van der Waals surface area (Å²) in [6.45, 7) is 22.2. The number of hydrogen-bond acceptors (Lipinski definition) is 1. The molecule has 0 aromatic carbocycles. The molecule has 10 atom stereocenters. The summed E-state index contributed by atoms with van der Waals surface area (Å²) in [6.07, 6.45) is 14.8. The number of aliphatic hydroxyl groups excluding tert-OH is 1. The van der Waals surface area contributed by atoms with Crippen molar-refractivity contribution in [1.29, 1.82) is 0 Å². The van der Waals surface area contributed by atoms with Crippen molar-refractivity contribution in [2.45, 2.75) is 125 Å². The molecule has 0 spiro atoms. The van der Waals surface area contributed by atoms with Gasteiger partial charge in [0.25, 0.3) is 0 Å². The summed E-state index contributed by atoms with van der Waals surface area (Å²) < 4.78 is 0. The van der Waals surface area contributed by atoms with Gasteiger partial charge in [0.1, 0.15) is 0 Å². The van der Waals surface area contributed by atoms with Gasteiger partial charge < -0.3 is 5.11 Å². The molecule has 0 aromatic heterocycles. The van der Waals surface area contributed by atoms with E-state index in [1.165, 1.54) is 69.8 Å². The Hall–Kier alpha value is -0.300. The van der Waals surface area contributed by atoms with Gasteiger partial charge in [-0.3, -0.25) is 0 Å². The van der Waals surface area contributed by atoms with Crippen LogP contribution >= 0.6 is 0 Å². The average Bonchev–Trinajstić information content (AvgIpc) is 3.12. The Bertz CT molecular complexity index is 781. The first-order valence-corrected chi connectivity index (χ1v) is 14.2. The molecule has 0 saturated heterocycles. The number of aliphatic hydroxyl groups is 1. The van der Waals surface area contributed by atoms with E-state index in [2.05, 4.69) is 55.0 Å². The second kappa shape index (κ2) is 7.11. The van der Waals surface area contributed by atoms with Crippen LogP contribution in [-0.2, 0) is 0 Å². The van der Waals surface area contributed by atoms with E-state index >= 15 is 0 Å². The van der Waals surface area contributed by atoms with Crippen LogP contribution in [0, 0.1) is 56.7 Å². The van der Waals surface area contributed by atoms with Gasteiger partial charge in [0.15, 0.2) is 0 Å². The molecule has 4 unspecified atom stereocenters. The van der Waals surface area contributed by atoms with Crippen LogP contribution in [0.1, 0.15) is 119 Å². The van der Waals surface area contributed by atoms with Gasteiger partial charge in [-0.1, -0.05) is 60.1 Å². The fourth-order valence-corrected chi connectivity index (χ4v) is 11.9. The molecule has 0 amide bonds. The molecule has 0 aromatic rings. The van der Waals surface area contributed by atoms with Crippen LogP contribution in [0.25, 0.3) is 0 Å². The highest BCUT2D eigenvalue weighted by Crippen LogP contribution is 2.77. The monoisotopic (exact) mass is 440 g/mol. The van der Waals surface area contributed by atoms with Crippen LogP contribution < -0.4 is 0 Å². The van der Waals surface area contributed by atoms with Crippen LogP contribution in [0.3, 0.4) is 0 Å². The Morgan fingerprint density at radius 2 is 1.53 bits per heavy atom. The van der Waals surface area contributed by atoms with Crippen LogP contribution in [0.4, 0.5) is 0 Å². The smallest absolute Gasteiger partial charge is 0.0594 e. The molecular weight excluding hydrogens is 388 g/mol. The zero-order chi connectivity index (χ0) is 23.3. The number of rotatable bonds is 2. The van der Waals surface area contributed by atoms with Gasteiger partial charge in [-0.15, -0.1) is 0 Å². The maximum Gasteiger partial charge on any atom is 0.0594 e. The minimum absolute atomic E-state index is 0.0620. The lowest BCUT2D eigenvalue weighted by molar-refractivity contribution is -0.247. The fraction of sp³-hybridized carbons (Fsp3) is 0.935. The minimum Gasteiger partial charge on any atom is -0.393 e. The molecule has 5 fully saturated rings. The largest absolute Gasteiger partial charge is 0.393 e. The average molecular weight is 441 g/mol. The first-order chi connectivity index (χ1) is 14.9. The third kappa shape index (κ3) is 2.67. The maximum atomic E-state index is 10.9. The van der Waals surface area contributed by atoms with Crippen molar-refractivity contribution in [3.8, 4) is 0 Å². The molecule has 1 N–H and O–H groups in total. The van der Waals surface area contributed by atoms with Gasteiger partial charge in [0.05, 0.1) is 6.10 Å². The van der Waals surface area contributed by atoms with Crippen LogP contribution in [0.2, 0.25) is 0 Å². The molecular formula is C31H52O. The zero-order valence-electron chi connectivity index (χ0n) is 22.4. The summed E-state index contributed by atoms with van der Waals surface area (Å²) in [5, 5.41) is 10.9. The minimum atomic E-state index is -0.119. The van der Waals surface area contributed by atoms with E-state index in [0.717, 1.165) is 30.1 Å². The van der Waals surface area contributed by atoms with Gasteiger partial charge >= 0.3 is 0 Å². The van der Waals surface area contributed by atoms with Crippen molar-refractivity contribution in [1.82, 2.24) is 0 Å². The van der Waals surface area contributed by atoms with Crippen LogP contribution in [0.15, 0.2) is 12.2 Å². The first kappa shape index (κ1) is 23.4. The Morgan fingerprint density at radius 1 is 0.812 bits per heavy atom. The summed E-state index contributed by atoms with van der Waals surface area (Å²) in [5.41, 5.74) is 3.43. The topological polar surface area (TPSA) is 20.2 Å². The summed E-state index contributed by atoms with van der Waals surface area (Å²) in [4.78, 5) is 0. The van der Waals surface area contributed by atoms with Gasteiger partial charge in [-0.2, -0.15) is 0 Å². The lowest BCUT2D eigenvalue weighted by Gasteiger charge is -2.73. The molecule has 5 aliphatic rings. The highest BCUT2D eigenvalue weighted by molar-refractivity contribution is 5.21. The maximum absolute atomic E-state index is 10.9. The predicted molar refractivity (Wildman–Crippen MR) is 135 cm³/mol. The van der Waals surface area contributed by atoms with E-state index in [0.29, 0.717) is 27.6 Å². The van der Waals surface area contributed by atoms with Crippen molar-refractivity contribution in [2.75, 3.05) is 0 Å². The highest BCUT2D eigenvalue weighted by atomic mass is 16.3. The second-order valence-electron chi connectivity index (χ2n) is 14.8. The van der Waals surface area contributed by atoms with Crippen LogP contribution in [0.5, 0.6) is 0 Å². The van der Waals surface area contributed by atoms with E-state index in [4.69, 9.17) is 0 Å². The predicted octanol–water partition coefficient (Wildman–Crippen LogP) is 8.41. The molecule has 32 heavy (non-hydrogen) atoms. The summed E-state index contributed by atoms with van der Waals surface area (Å²) in [5.74, 6) is 4.00. The first-order valence-electron chi connectivity index (χ1n) is 14.2. The van der Waals surface area contributed by atoms with Gasteiger partial charge in [0.2, 0.25) is 0 Å². The van der Waals surface area contributed by atoms with Crippen molar-refractivity contribution in [3.05, 3.63) is 12.2 Å². The molecule has 0 heterocycles. The molecule has 5 rings (SSSR count). The van der Waals surface area contributed by atoms with E-state index < -0.39 is 0 Å². The summed E-state index contributed by atoms with van der Waals surface area (Å²) >= 11 is 0. The highest BCUT2D eigenvalue weighted by Gasteiger charge is 2.70. The Balaban J connectivity index is 1.55. The molecule has 0 bridgehead atoms. The Kier molecular flexibility index (Phi) is 5.21. The molecule has 182 valence electrons. The molecule has 1 nitrogen and oxygen atoms in total. The summed E-state index contributed by atoms with van der Waals surface area (Å²) in [6, 6.07) is 0. The third-order valence-electron chi connectivity index (χ3n) is 13.9. The molecule has 0 radical (unpaired) electrons. The van der Waals surface area contributed by atoms with E-state index in [9.17, 15) is 5.11 Å². The van der Waals surface area contributed by atoms with E-state index in [1.54, 1.807) is 0 Å². The zero-order valence-corrected chi connectivity index (χ0v) is 22.4. The van der Waals surface area contributed by atoms with Gasteiger partial charge in [0, 0.05) is 0 Å². The number of hydrogen-bond donors (Lipinski definition) is 1. The molecule has 0 aliphatic heterocycles. The van der Waals surface area contributed by atoms with Crippen LogP contribution in [-0.4, -0.2) is 11.2 Å². The standard InChI is InChI=1S/C31H52O/c1-9-31-17-12-21(20(2)3)26(31)22-10-11-24-28(6)15-14-25(32)27(4,5)23(28)13-16-30(24,8)29(22,7)18-19-31/h21-26,32H,2,9-19H2,1,3-8H3/t21-,22?,23?,24?,25-,26?,28-,29+,30+,31+/m0/s1. The van der Waals surface area contributed by atoms with Crippen molar-refractivity contribution in [2.24, 2.45) is 56.7 Å². The lowest BCUT2D eigenvalue weighted by Crippen LogP contribution is -2.66. The van der Waals surface area contributed by atoms with Crippen molar-refractivity contribution >= 4 is 0 Å². The van der Waals surface area contributed by atoms with Crippen molar-refractivity contribution in [3.63, 3.8) is 0 Å². The molecule has 5 aliphatic carbocycles. The van der Waals surface area contributed by atoms with Gasteiger partial charge in [-0.25, -0.2) is 0 Å². The third-order valence-corrected chi connectivity index (χ3v) is 13.9. The number of fused-ring (bicyclic) bond motifs is 7. The Labute approximate surface area is 199 Å². The second-order valence-corrected chi connectivity index (χ2v) is 14.8. The van der Waals surface area contributed by atoms with Crippen molar-refractivity contribution < 1.29 is 5.11 Å².